The Hall–Kier alpha value is -1.46. The molecule has 0 aromatic heterocycles. The lowest BCUT2D eigenvalue weighted by Crippen LogP contribution is -2.31. The van der Waals surface area contributed by atoms with E-state index in [0.29, 0.717) is 0 Å². The van der Waals surface area contributed by atoms with Crippen LogP contribution in [0.4, 0.5) is 5.69 Å². The van der Waals surface area contributed by atoms with Crippen molar-refractivity contribution in [3.63, 3.8) is 0 Å². The quantitative estimate of drug-likeness (QED) is 0.581. The van der Waals surface area contributed by atoms with Crippen LogP contribution < -0.4 is 5.73 Å². The van der Waals surface area contributed by atoms with Gasteiger partial charge >= 0.3 is 0 Å². The first-order valence-corrected chi connectivity index (χ1v) is 5.33. The first kappa shape index (κ1) is 10.1. The average molecular weight is 200 g/mol. The molecule has 0 amide bonds. The molecule has 0 spiro atoms. The summed E-state index contributed by atoms with van der Waals surface area (Å²) in [5.41, 5.74) is 9.56. The summed E-state index contributed by atoms with van der Waals surface area (Å²) < 4.78 is 0. The zero-order chi connectivity index (χ0) is 10.7. The van der Waals surface area contributed by atoms with E-state index in [0.717, 1.165) is 38.2 Å². The number of nitrogen functional groups attached to an aromatic ring is 1. The zero-order valence-electron chi connectivity index (χ0n) is 8.87. The molecule has 1 aliphatic heterocycles. The van der Waals surface area contributed by atoms with Crippen LogP contribution in [-0.4, -0.2) is 18.0 Å². The predicted octanol–water partition coefficient (Wildman–Crippen LogP) is 1.65. The van der Waals surface area contributed by atoms with Crippen LogP contribution in [0.15, 0.2) is 18.2 Å². The van der Waals surface area contributed by atoms with Crippen molar-refractivity contribution in [1.82, 2.24) is 4.90 Å². The first-order chi connectivity index (χ1) is 7.31. The van der Waals surface area contributed by atoms with Crippen LogP contribution in [-0.2, 0) is 13.0 Å². The standard InChI is InChI=1S/C13H16N2/c1-2-3-8-15-9-7-12-11(10-15)5-4-6-13(12)14/h1,4-6H,3,7-10,14H2. The van der Waals surface area contributed by atoms with Crippen molar-refractivity contribution in [3.8, 4) is 12.3 Å². The molecule has 0 bridgehead atoms. The van der Waals surface area contributed by atoms with Crippen molar-refractivity contribution in [2.45, 2.75) is 19.4 Å². The minimum absolute atomic E-state index is 0.831. The van der Waals surface area contributed by atoms with Crippen LogP contribution in [0, 0.1) is 12.3 Å². The number of terminal acetylenes is 1. The minimum atomic E-state index is 0.831. The topological polar surface area (TPSA) is 29.3 Å². The number of rotatable bonds is 2. The molecular weight excluding hydrogens is 184 g/mol. The SMILES string of the molecule is C#CCCN1CCc2c(N)cccc2C1. The van der Waals surface area contributed by atoms with Crippen molar-refractivity contribution < 1.29 is 0 Å². The van der Waals surface area contributed by atoms with Crippen LogP contribution in [0.3, 0.4) is 0 Å². The molecule has 1 heterocycles. The molecule has 0 saturated heterocycles. The molecule has 2 N–H and O–H groups in total. The monoisotopic (exact) mass is 200 g/mol. The summed E-state index contributed by atoms with van der Waals surface area (Å²) >= 11 is 0. The maximum Gasteiger partial charge on any atom is 0.0350 e. The molecule has 2 rings (SSSR count). The molecule has 15 heavy (non-hydrogen) atoms. The summed E-state index contributed by atoms with van der Waals surface area (Å²) in [5, 5.41) is 0. The normalized spacial score (nSPS) is 15.7. The molecular formula is C13H16N2. The van der Waals surface area contributed by atoms with Gasteiger partial charge in [-0.25, -0.2) is 0 Å². The molecule has 0 aliphatic carbocycles. The van der Waals surface area contributed by atoms with Gasteiger partial charge in [-0.2, -0.15) is 0 Å². The van der Waals surface area contributed by atoms with E-state index in [9.17, 15) is 0 Å². The Morgan fingerprint density at radius 1 is 1.47 bits per heavy atom. The number of nitrogens with zero attached hydrogens (tertiary/aromatic N) is 1. The number of hydrogen-bond donors (Lipinski definition) is 1. The maximum absolute atomic E-state index is 5.94. The lowest BCUT2D eigenvalue weighted by atomic mass is 9.98. The summed E-state index contributed by atoms with van der Waals surface area (Å²) in [5.74, 6) is 2.68. The summed E-state index contributed by atoms with van der Waals surface area (Å²) in [6, 6.07) is 6.17. The van der Waals surface area contributed by atoms with E-state index in [4.69, 9.17) is 12.2 Å². The van der Waals surface area contributed by atoms with Crippen molar-refractivity contribution in [2.75, 3.05) is 18.8 Å². The third-order valence-electron chi connectivity index (χ3n) is 2.95. The molecule has 1 aliphatic rings. The second-order valence-electron chi connectivity index (χ2n) is 3.97. The van der Waals surface area contributed by atoms with Crippen LogP contribution in [0.1, 0.15) is 17.5 Å². The van der Waals surface area contributed by atoms with Crippen molar-refractivity contribution in [2.24, 2.45) is 0 Å². The molecule has 0 unspecified atom stereocenters. The van der Waals surface area contributed by atoms with Crippen LogP contribution >= 0.6 is 0 Å². The van der Waals surface area contributed by atoms with E-state index in [-0.39, 0.29) is 0 Å². The molecule has 1 aromatic rings. The Kier molecular flexibility index (Phi) is 2.94. The molecule has 2 heteroatoms. The van der Waals surface area contributed by atoms with Crippen molar-refractivity contribution in [3.05, 3.63) is 29.3 Å². The van der Waals surface area contributed by atoms with Gasteiger partial charge in [-0.15, -0.1) is 12.3 Å². The van der Waals surface area contributed by atoms with Gasteiger partial charge < -0.3 is 5.73 Å². The molecule has 78 valence electrons. The lowest BCUT2D eigenvalue weighted by Gasteiger charge is -2.28. The maximum atomic E-state index is 5.94. The highest BCUT2D eigenvalue weighted by Crippen LogP contribution is 2.23. The molecule has 2 nitrogen and oxygen atoms in total. The molecule has 0 fully saturated rings. The highest BCUT2D eigenvalue weighted by Gasteiger charge is 2.16. The number of benzene rings is 1. The zero-order valence-corrected chi connectivity index (χ0v) is 8.87. The van der Waals surface area contributed by atoms with Crippen LogP contribution in [0.5, 0.6) is 0 Å². The first-order valence-electron chi connectivity index (χ1n) is 5.33. The fraction of sp³-hybridized carbons (Fsp3) is 0.385. The Bertz CT molecular complexity index is 390. The van der Waals surface area contributed by atoms with Gasteiger partial charge in [0.25, 0.3) is 0 Å². The predicted molar refractivity (Wildman–Crippen MR) is 63.3 cm³/mol. The number of hydrogen-bond acceptors (Lipinski definition) is 2. The fourth-order valence-electron chi connectivity index (χ4n) is 2.11. The van der Waals surface area contributed by atoms with Gasteiger partial charge in [-0.1, -0.05) is 12.1 Å². The van der Waals surface area contributed by atoms with Crippen molar-refractivity contribution in [1.29, 1.82) is 0 Å². The largest absolute Gasteiger partial charge is 0.398 e. The summed E-state index contributed by atoms with van der Waals surface area (Å²) in [4.78, 5) is 2.39. The van der Waals surface area contributed by atoms with Crippen LogP contribution in [0.25, 0.3) is 0 Å². The summed E-state index contributed by atoms with van der Waals surface area (Å²) in [7, 11) is 0. The molecule has 0 atom stereocenters. The number of anilines is 1. The van der Waals surface area contributed by atoms with Gasteiger partial charge in [0, 0.05) is 31.7 Å². The number of nitrogens with two attached hydrogens (primary N) is 1. The Morgan fingerprint density at radius 2 is 2.33 bits per heavy atom. The highest BCUT2D eigenvalue weighted by atomic mass is 15.1. The second kappa shape index (κ2) is 4.37. The van der Waals surface area contributed by atoms with Gasteiger partial charge in [-0.3, -0.25) is 4.90 Å². The van der Waals surface area contributed by atoms with Gasteiger partial charge in [0.15, 0.2) is 0 Å². The van der Waals surface area contributed by atoms with Gasteiger partial charge in [0.05, 0.1) is 0 Å². The van der Waals surface area contributed by atoms with Crippen LogP contribution in [0.2, 0.25) is 0 Å². The second-order valence-corrected chi connectivity index (χ2v) is 3.97. The molecule has 0 radical (unpaired) electrons. The van der Waals surface area contributed by atoms with Gasteiger partial charge in [0.2, 0.25) is 0 Å². The minimum Gasteiger partial charge on any atom is -0.398 e. The smallest absolute Gasteiger partial charge is 0.0350 e. The fourth-order valence-corrected chi connectivity index (χ4v) is 2.11. The van der Waals surface area contributed by atoms with E-state index in [2.05, 4.69) is 16.9 Å². The third kappa shape index (κ3) is 2.14. The van der Waals surface area contributed by atoms with Gasteiger partial charge in [-0.05, 0) is 23.6 Å². The van der Waals surface area contributed by atoms with E-state index in [1.807, 2.05) is 12.1 Å². The molecule has 0 saturated carbocycles. The Morgan fingerprint density at radius 3 is 3.13 bits per heavy atom. The van der Waals surface area contributed by atoms with Gasteiger partial charge in [0.1, 0.15) is 0 Å². The molecule has 1 aromatic carbocycles. The number of fused-ring (bicyclic) bond motifs is 1. The Balaban J connectivity index is 2.11. The summed E-state index contributed by atoms with van der Waals surface area (Å²) in [6.45, 7) is 3.05. The summed E-state index contributed by atoms with van der Waals surface area (Å²) in [6.07, 6.45) is 7.15. The average Bonchev–Trinajstić information content (AvgIpc) is 2.26. The van der Waals surface area contributed by atoms with E-state index in [1.54, 1.807) is 0 Å². The third-order valence-corrected chi connectivity index (χ3v) is 2.95. The van der Waals surface area contributed by atoms with E-state index < -0.39 is 0 Å². The highest BCUT2D eigenvalue weighted by molar-refractivity contribution is 5.51. The Labute approximate surface area is 91.1 Å². The van der Waals surface area contributed by atoms with Crippen molar-refractivity contribution >= 4 is 5.69 Å². The lowest BCUT2D eigenvalue weighted by molar-refractivity contribution is 0.261. The van der Waals surface area contributed by atoms with E-state index >= 15 is 0 Å². The van der Waals surface area contributed by atoms with E-state index in [1.165, 1.54) is 11.1 Å².